The Balaban J connectivity index is 2.00. The highest BCUT2D eigenvalue weighted by molar-refractivity contribution is 6.28. The minimum absolute atomic E-state index is 0.0193. The number of nitrogens with zero attached hydrogens (tertiary/aromatic N) is 1. The first-order valence-electron chi connectivity index (χ1n) is 10.7. The zero-order valence-corrected chi connectivity index (χ0v) is 18.6. The Labute approximate surface area is 175 Å². The zero-order chi connectivity index (χ0) is 20.7. The number of allylic oxidation sites excluding steroid dienone is 3. The highest BCUT2D eigenvalue weighted by Gasteiger charge is 2.58. The fourth-order valence-electron chi connectivity index (χ4n) is 6.70. The summed E-state index contributed by atoms with van der Waals surface area (Å²) in [5.74, 6) is 0.449. The summed E-state index contributed by atoms with van der Waals surface area (Å²) in [5, 5.41) is 9.82. The van der Waals surface area contributed by atoms with Crippen LogP contribution in [0.3, 0.4) is 0 Å². The molecule has 2 fully saturated rings. The van der Waals surface area contributed by atoms with E-state index >= 15 is 0 Å². The molecular formula is C24H34ClNO2. The lowest BCUT2D eigenvalue weighted by Crippen LogP contribution is -2.54. The van der Waals surface area contributed by atoms with Crippen LogP contribution in [0.1, 0.15) is 78.6 Å². The third kappa shape index (κ3) is 3.22. The monoisotopic (exact) mass is 403 g/mol. The molecule has 2 saturated carbocycles. The average Bonchev–Trinajstić information content (AvgIpc) is 2.65. The first kappa shape index (κ1) is 21.4. The van der Waals surface area contributed by atoms with Crippen molar-refractivity contribution in [3.05, 3.63) is 23.3 Å². The Hall–Kier alpha value is -1.27. The molecule has 0 aromatic carbocycles. The first-order chi connectivity index (χ1) is 13.1. The van der Waals surface area contributed by atoms with E-state index in [-0.39, 0.29) is 23.2 Å². The number of hydrogen-bond donors (Lipinski definition) is 0. The number of nitriles is 1. The van der Waals surface area contributed by atoms with E-state index in [1.54, 1.807) is 0 Å². The van der Waals surface area contributed by atoms with Gasteiger partial charge in [0, 0.05) is 0 Å². The van der Waals surface area contributed by atoms with Gasteiger partial charge in [0.15, 0.2) is 4.87 Å². The highest BCUT2D eigenvalue weighted by Crippen LogP contribution is 2.63. The van der Waals surface area contributed by atoms with Crippen LogP contribution in [0, 0.1) is 34.0 Å². The second kappa shape index (κ2) is 7.52. The van der Waals surface area contributed by atoms with E-state index in [2.05, 4.69) is 33.4 Å². The molecule has 0 N–H and O–H groups in total. The molecule has 0 saturated heterocycles. The molecule has 0 heterocycles. The number of carbonyl (C=O) groups excluding carboxylic acids is 1. The van der Waals surface area contributed by atoms with Crippen molar-refractivity contribution in [2.75, 3.05) is 7.11 Å². The Kier molecular flexibility index (Phi) is 5.76. The summed E-state index contributed by atoms with van der Waals surface area (Å²) in [6.07, 6.45) is 8.42. The number of esters is 1. The molecule has 0 aliphatic heterocycles. The summed E-state index contributed by atoms with van der Waals surface area (Å²) < 4.78 is 5.23. The van der Waals surface area contributed by atoms with Crippen molar-refractivity contribution in [1.29, 1.82) is 5.26 Å². The minimum atomic E-state index is -0.883. The molecule has 0 radical (unpaired) electrons. The number of fused-ring (bicyclic) bond motifs is 1. The number of hydrogen-bond acceptors (Lipinski definition) is 3. The Bertz CT molecular complexity index is 750. The van der Waals surface area contributed by atoms with Crippen LogP contribution in [0.4, 0.5) is 0 Å². The third-order valence-electron chi connectivity index (χ3n) is 8.32. The van der Waals surface area contributed by atoms with E-state index in [1.807, 2.05) is 0 Å². The molecule has 0 amide bonds. The van der Waals surface area contributed by atoms with Crippen molar-refractivity contribution >= 4 is 17.6 Å². The van der Waals surface area contributed by atoms with Crippen LogP contribution < -0.4 is 0 Å². The normalized spacial score (nSPS) is 41.2. The van der Waals surface area contributed by atoms with Crippen molar-refractivity contribution in [3.8, 4) is 6.07 Å². The lowest BCUT2D eigenvalue weighted by molar-refractivity contribution is -0.167. The van der Waals surface area contributed by atoms with E-state index in [9.17, 15) is 10.1 Å². The number of halogens is 1. The van der Waals surface area contributed by atoms with Gasteiger partial charge in [-0.3, -0.25) is 4.79 Å². The standard InChI is InChI=1S/C24H34ClNO2/c1-16-8-6-13-24(25,15-26)19(16)14-18-17(2)9-10-20-22(18,3)11-7-12-23(20,4)21(27)28-5/h18,20H,2,6-14H2,1,3-5H3/t18-,20?,22+,23-,24?/m0/s1. The second-order valence-corrected chi connectivity index (χ2v) is 10.4. The maximum Gasteiger partial charge on any atom is 0.311 e. The molecule has 28 heavy (non-hydrogen) atoms. The van der Waals surface area contributed by atoms with Gasteiger partial charge in [-0.05, 0) is 88.0 Å². The molecule has 0 spiro atoms. The molecule has 0 bridgehead atoms. The van der Waals surface area contributed by atoms with E-state index in [4.69, 9.17) is 16.3 Å². The van der Waals surface area contributed by atoms with Crippen molar-refractivity contribution in [3.63, 3.8) is 0 Å². The number of carbonyl (C=O) groups is 1. The molecule has 4 heteroatoms. The van der Waals surface area contributed by atoms with Gasteiger partial charge in [0.25, 0.3) is 0 Å². The number of alkyl halides is 1. The predicted molar refractivity (Wildman–Crippen MR) is 113 cm³/mol. The van der Waals surface area contributed by atoms with Crippen molar-refractivity contribution in [1.82, 2.24) is 0 Å². The zero-order valence-electron chi connectivity index (χ0n) is 17.9. The predicted octanol–water partition coefficient (Wildman–Crippen LogP) is 6.33. The SMILES string of the molecule is C=C1CCC2[C@](C)(CCC[C@]2(C)C(=O)OC)[C@H]1CC1=C(C)CCCC1(Cl)C#N. The molecule has 154 valence electrons. The molecule has 3 aliphatic rings. The van der Waals surface area contributed by atoms with Crippen LogP contribution in [0.2, 0.25) is 0 Å². The average molecular weight is 404 g/mol. The number of rotatable bonds is 3. The minimum Gasteiger partial charge on any atom is -0.469 e. The van der Waals surface area contributed by atoms with Crippen LogP contribution in [-0.4, -0.2) is 18.0 Å². The number of methoxy groups -OCH3 is 1. The van der Waals surface area contributed by atoms with E-state index in [1.165, 1.54) is 18.3 Å². The van der Waals surface area contributed by atoms with Gasteiger partial charge in [-0.15, -0.1) is 0 Å². The van der Waals surface area contributed by atoms with Crippen LogP contribution in [-0.2, 0) is 9.53 Å². The molecule has 2 unspecified atom stereocenters. The van der Waals surface area contributed by atoms with Gasteiger partial charge in [0.1, 0.15) is 0 Å². The summed E-state index contributed by atoms with van der Waals surface area (Å²) in [6.45, 7) is 11.0. The molecule has 0 aromatic heterocycles. The summed E-state index contributed by atoms with van der Waals surface area (Å²) >= 11 is 6.81. The largest absolute Gasteiger partial charge is 0.469 e. The first-order valence-corrected chi connectivity index (χ1v) is 11.1. The molecule has 3 nitrogen and oxygen atoms in total. The lowest BCUT2D eigenvalue weighted by atomic mass is 9.46. The van der Waals surface area contributed by atoms with Gasteiger partial charge in [0.2, 0.25) is 0 Å². The van der Waals surface area contributed by atoms with Crippen molar-refractivity contribution < 1.29 is 9.53 Å². The van der Waals surface area contributed by atoms with Crippen LogP contribution >= 0.6 is 11.6 Å². The topological polar surface area (TPSA) is 50.1 Å². The maximum absolute atomic E-state index is 12.7. The number of ether oxygens (including phenoxy) is 1. The van der Waals surface area contributed by atoms with Crippen molar-refractivity contribution in [2.24, 2.45) is 22.7 Å². The highest BCUT2D eigenvalue weighted by atomic mass is 35.5. The quantitative estimate of drug-likeness (QED) is 0.314. The van der Waals surface area contributed by atoms with Crippen LogP contribution in [0.5, 0.6) is 0 Å². The summed E-state index contributed by atoms with van der Waals surface area (Å²) in [5.41, 5.74) is 3.18. The van der Waals surface area contributed by atoms with E-state index < -0.39 is 10.3 Å². The van der Waals surface area contributed by atoms with Crippen LogP contribution in [0.15, 0.2) is 23.3 Å². The van der Waals surface area contributed by atoms with E-state index in [0.29, 0.717) is 0 Å². The Morgan fingerprint density at radius 2 is 2.00 bits per heavy atom. The van der Waals surface area contributed by atoms with Gasteiger partial charge in [-0.2, -0.15) is 5.26 Å². The lowest BCUT2D eigenvalue weighted by Gasteiger charge is -2.58. The smallest absolute Gasteiger partial charge is 0.311 e. The molecule has 3 aliphatic carbocycles. The third-order valence-corrected chi connectivity index (χ3v) is 8.83. The molecular weight excluding hydrogens is 370 g/mol. The van der Waals surface area contributed by atoms with Gasteiger partial charge in [-0.1, -0.05) is 42.7 Å². The van der Waals surface area contributed by atoms with Crippen LogP contribution in [0.25, 0.3) is 0 Å². The maximum atomic E-state index is 12.7. The molecule has 0 aromatic rings. The molecule has 3 rings (SSSR count). The fourth-order valence-corrected chi connectivity index (χ4v) is 7.08. The Morgan fingerprint density at radius 3 is 2.64 bits per heavy atom. The van der Waals surface area contributed by atoms with Gasteiger partial charge in [0.05, 0.1) is 18.6 Å². The van der Waals surface area contributed by atoms with Gasteiger partial charge >= 0.3 is 5.97 Å². The fraction of sp³-hybridized carbons (Fsp3) is 0.750. The summed E-state index contributed by atoms with van der Waals surface area (Å²) in [6, 6.07) is 2.40. The van der Waals surface area contributed by atoms with Gasteiger partial charge < -0.3 is 4.74 Å². The second-order valence-electron chi connectivity index (χ2n) is 9.80. The van der Waals surface area contributed by atoms with Gasteiger partial charge in [-0.25, -0.2) is 0 Å². The Morgan fingerprint density at radius 1 is 1.29 bits per heavy atom. The van der Waals surface area contributed by atoms with E-state index in [0.717, 1.165) is 63.4 Å². The van der Waals surface area contributed by atoms with Crippen molar-refractivity contribution in [2.45, 2.75) is 83.4 Å². The summed E-state index contributed by atoms with van der Waals surface area (Å²) in [4.78, 5) is 11.9. The molecule has 5 atom stereocenters. The summed E-state index contributed by atoms with van der Waals surface area (Å²) in [7, 11) is 1.50.